The van der Waals surface area contributed by atoms with Gasteiger partial charge in [-0.05, 0) is 26.0 Å². The van der Waals surface area contributed by atoms with Crippen LogP contribution in [0.15, 0.2) is 35.2 Å². The molecule has 2 amide bonds. The molecular weight excluding hydrogens is 324 g/mol. The van der Waals surface area contributed by atoms with Crippen LogP contribution in [0.1, 0.15) is 11.4 Å². The molecule has 0 bridgehead atoms. The predicted molar refractivity (Wildman–Crippen MR) is 95.5 cm³/mol. The SMILES string of the molecule is Cc1nn(-c2ccccc2)c(C)c1SCC(=O)NCC(=O)N(C)C. The highest BCUT2D eigenvalue weighted by Gasteiger charge is 2.15. The number of rotatable bonds is 6. The molecule has 128 valence electrons. The molecule has 0 aliphatic carbocycles. The molecule has 0 saturated heterocycles. The lowest BCUT2D eigenvalue weighted by Gasteiger charge is -2.10. The number of thioether (sulfide) groups is 1. The van der Waals surface area contributed by atoms with Crippen LogP contribution < -0.4 is 5.32 Å². The van der Waals surface area contributed by atoms with Gasteiger partial charge in [0.2, 0.25) is 11.8 Å². The van der Waals surface area contributed by atoms with E-state index >= 15 is 0 Å². The fourth-order valence-corrected chi connectivity index (χ4v) is 3.10. The summed E-state index contributed by atoms with van der Waals surface area (Å²) in [5.74, 6) is -0.0397. The van der Waals surface area contributed by atoms with Gasteiger partial charge in [-0.25, -0.2) is 4.68 Å². The summed E-state index contributed by atoms with van der Waals surface area (Å²) in [5, 5.41) is 7.19. The monoisotopic (exact) mass is 346 g/mol. The van der Waals surface area contributed by atoms with Crippen LogP contribution in [0.5, 0.6) is 0 Å². The van der Waals surface area contributed by atoms with Gasteiger partial charge in [0.1, 0.15) is 0 Å². The van der Waals surface area contributed by atoms with E-state index in [1.54, 1.807) is 14.1 Å². The molecule has 0 aliphatic heterocycles. The fourth-order valence-electron chi connectivity index (χ4n) is 2.18. The van der Waals surface area contributed by atoms with E-state index in [9.17, 15) is 9.59 Å². The second-order valence-electron chi connectivity index (χ2n) is 5.60. The van der Waals surface area contributed by atoms with Gasteiger partial charge < -0.3 is 10.2 Å². The first-order chi connectivity index (χ1) is 11.4. The summed E-state index contributed by atoms with van der Waals surface area (Å²) in [6.07, 6.45) is 0. The van der Waals surface area contributed by atoms with Crippen molar-refractivity contribution in [3.63, 3.8) is 0 Å². The van der Waals surface area contributed by atoms with E-state index in [4.69, 9.17) is 0 Å². The average molecular weight is 346 g/mol. The van der Waals surface area contributed by atoms with Gasteiger partial charge in [0, 0.05) is 14.1 Å². The predicted octanol–water partition coefficient (Wildman–Crippen LogP) is 1.79. The van der Waals surface area contributed by atoms with Crippen molar-refractivity contribution >= 4 is 23.6 Å². The highest BCUT2D eigenvalue weighted by Crippen LogP contribution is 2.27. The van der Waals surface area contributed by atoms with Gasteiger partial charge >= 0.3 is 0 Å². The molecule has 0 spiro atoms. The van der Waals surface area contributed by atoms with Crippen LogP contribution in [0.3, 0.4) is 0 Å². The number of hydrogen-bond donors (Lipinski definition) is 1. The van der Waals surface area contributed by atoms with Crippen LogP contribution in [0.2, 0.25) is 0 Å². The molecule has 1 aromatic heterocycles. The maximum Gasteiger partial charge on any atom is 0.241 e. The number of likely N-dealkylation sites (N-methyl/N-ethyl adjacent to an activating group) is 1. The highest BCUT2D eigenvalue weighted by molar-refractivity contribution is 8.00. The molecule has 0 radical (unpaired) electrons. The Morgan fingerprint density at radius 2 is 1.88 bits per heavy atom. The molecule has 1 heterocycles. The Morgan fingerprint density at radius 1 is 1.21 bits per heavy atom. The number of aromatic nitrogens is 2. The third-order valence-corrected chi connectivity index (χ3v) is 4.79. The van der Waals surface area contributed by atoms with Gasteiger partial charge in [-0.1, -0.05) is 18.2 Å². The minimum Gasteiger partial charge on any atom is -0.347 e. The third-order valence-electron chi connectivity index (χ3n) is 3.51. The lowest BCUT2D eigenvalue weighted by atomic mass is 10.3. The Balaban J connectivity index is 2.00. The van der Waals surface area contributed by atoms with Crippen molar-refractivity contribution in [3.8, 4) is 5.69 Å². The summed E-state index contributed by atoms with van der Waals surface area (Å²) in [5.41, 5.74) is 2.88. The molecule has 0 saturated carbocycles. The lowest BCUT2D eigenvalue weighted by molar-refractivity contribution is -0.130. The quantitative estimate of drug-likeness (QED) is 0.810. The van der Waals surface area contributed by atoms with Gasteiger partial charge in [-0.2, -0.15) is 5.10 Å². The summed E-state index contributed by atoms with van der Waals surface area (Å²) in [7, 11) is 3.32. The zero-order chi connectivity index (χ0) is 17.7. The number of hydrogen-bond acceptors (Lipinski definition) is 4. The normalized spacial score (nSPS) is 10.5. The Hall–Kier alpha value is -2.28. The molecule has 0 unspecified atom stereocenters. The molecule has 1 aromatic carbocycles. The second-order valence-corrected chi connectivity index (χ2v) is 6.59. The molecular formula is C17H22N4O2S. The van der Waals surface area contributed by atoms with Gasteiger partial charge in [-0.3, -0.25) is 9.59 Å². The molecule has 7 heteroatoms. The van der Waals surface area contributed by atoms with Crippen molar-refractivity contribution in [3.05, 3.63) is 41.7 Å². The van der Waals surface area contributed by atoms with E-state index in [0.717, 1.165) is 22.0 Å². The number of benzene rings is 1. The Labute approximate surface area is 146 Å². The van der Waals surface area contributed by atoms with Crippen LogP contribution >= 0.6 is 11.8 Å². The average Bonchev–Trinajstić information content (AvgIpc) is 2.85. The maximum absolute atomic E-state index is 11.9. The van der Waals surface area contributed by atoms with Crippen molar-refractivity contribution < 1.29 is 9.59 Å². The molecule has 1 N–H and O–H groups in total. The van der Waals surface area contributed by atoms with Crippen LogP contribution in [-0.2, 0) is 9.59 Å². The summed E-state index contributed by atoms with van der Waals surface area (Å²) >= 11 is 1.44. The minimum atomic E-state index is -0.165. The zero-order valence-corrected chi connectivity index (χ0v) is 15.2. The zero-order valence-electron chi connectivity index (χ0n) is 14.4. The van der Waals surface area contributed by atoms with E-state index in [-0.39, 0.29) is 24.1 Å². The number of nitrogens with one attached hydrogen (secondary N) is 1. The van der Waals surface area contributed by atoms with Crippen LogP contribution in [-0.4, -0.2) is 52.9 Å². The highest BCUT2D eigenvalue weighted by atomic mass is 32.2. The topological polar surface area (TPSA) is 67.2 Å². The largest absolute Gasteiger partial charge is 0.347 e. The van der Waals surface area contributed by atoms with Crippen molar-refractivity contribution in [2.24, 2.45) is 0 Å². The van der Waals surface area contributed by atoms with E-state index < -0.39 is 0 Å². The minimum absolute atomic E-state index is 0.0215. The van der Waals surface area contributed by atoms with E-state index in [1.165, 1.54) is 16.7 Å². The first kappa shape index (κ1) is 18.1. The van der Waals surface area contributed by atoms with Crippen molar-refractivity contribution in [2.75, 3.05) is 26.4 Å². The van der Waals surface area contributed by atoms with Gasteiger partial charge in [0.05, 0.1) is 34.3 Å². The van der Waals surface area contributed by atoms with E-state index in [0.29, 0.717) is 0 Å². The fraction of sp³-hybridized carbons (Fsp3) is 0.353. The molecule has 6 nitrogen and oxygen atoms in total. The van der Waals surface area contributed by atoms with Crippen LogP contribution in [0, 0.1) is 13.8 Å². The number of para-hydroxylation sites is 1. The molecule has 0 aliphatic rings. The molecule has 24 heavy (non-hydrogen) atoms. The Bertz CT molecular complexity index is 726. The Morgan fingerprint density at radius 3 is 2.50 bits per heavy atom. The van der Waals surface area contributed by atoms with Gasteiger partial charge in [-0.15, -0.1) is 11.8 Å². The lowest BCUT2D eigenvalue weighted by Crippen LogP contribution is -2.36. The second kappa shape index (κ2) is 8.01. The summed E-state index contributed by atoms with van der Waals surface area (Å²) < 4.78 is 1.88. The number of nitrogens with zero attached hydrogens (tertiary/aromatic N) is 3. The van der Waals surface area contributed by atoms with Crippen LogP contribution in [0.25, 0.3) is 5.69 Å². The number of carbonyl (C=O) groups is 2. The summed E-state index contributed by atoms with van der Waals surface area (Å²) in [6, 6.07) is 9.88. The van der Waals surface area contributed by atoms with E-state index in [2.05, 4.69) is 10.4 Å². The smallest absolute Gasteiger partial charge is 0.241 e. The first-order valence-corrected chi connectivity index (χ1v) is 8.60. The van der Waals surface area contributed by atoms with Crippen molar-refractivity contribution in [1.82, 2.24) is 20.0 Å². The van der Waals surface area contributed by atoms with Gasteiger partial charge in [0.15, 0.2) is 0 Å². The first-order valence-electron chi connectivity index (χ1n) is 7.61. The maximum atomic E-state index is 11.9. The number of amides is 2. The standard InChI is InChI=1S/C17H22N4O2S/c1-12-17(24-11-15(22)18-10-16(23)20(3)4)13(2)21(19-12)14-8-6-5-7-9-14/h5-9H,10-11H2,1-4H3,(H,18,22). The summed E-state index contributed by atoms with van der Waals surface area (Å²) in [4.78, 5) is 25.8. The van der Waals surface area contributed by atoms with Crippen molar-refractivity contribution in [1.29, 1.82) is 0 Å². The number of aryl methyl sites for hydroxylation is 1. The molecule has 2 aromatic rings. The Kier molecular flexibility index (Phi) is 6.03. The molecule has 0 fully saturated rings. The van der Waals surface area contributed by atoms with Crippen LogP contribution in [0.4, 0.5) is 0 Å². The number of carbonyl (C=O) groups excluding carboxylic acids is 2. The van der Waals surface area contributed by atoms with Crippen molar-refractivity contribution in [2.45, 2.75) is 18.7 Å². The van der Waals surface area contributed by atoms with E-state index in [1.807, 2.05) is 48.9 Å². The third kappa shape index (κ3) is 4.38. The molecule has 0 atom stereocenters. The summed E-state index contributed by atoms with van der Waals surface area (Å²) in [6.45, 7) is 3.94. The molecule has 2 rings (SSSR count). The van der Waals surface area contributed by atoms with Gasteiger partial charge in [0.25, 0.3) is 0 Å².